The van der Waals surface area contributed by atoms with Crippen molar-refractivity contribution in [3.63, 3.8) is 0 Å². The van der Waals surface area contributed by atoms with Crippen LogP contribution < -0.4 is 5.73 Å². The van der Waals surface area contributed by atoms with Crippen LogP contribution in [0.2, 0.25) is 10.0 Å². The highest BCUT2D eigenvalue weighted by molar-refractivity contribution is 6.38. The highest BCUT2D eigenvalue weighted by Gasteiger charge is 2.24. The van der Waals surface area contributed by atoms with Crippen molar-refractivity contribution in [2.24, 2.45) is 0 Å². The summed E-state index contributed by atoms with van der Waals surface area (Å²) in [5.74, 6) is 0.563. The molecule has 0 radical (unpaired) electrons. The maximum atomic E-state index is 12.8. The molecule has 158 valence electrons. The van der Waals surface area contributed by atoms with E-state index in [-0.39, 0.29) is 5.91 Å². The zero-order chi connectivity index (χ0) is 21.5. The molecule has 31 heavy (non-hydrogen) atoms. The van der Waals surface area contributed by atoms with Gasteiger partial charge < -0.3 is 15.6 Å². The van der Waals surface area contributed by atoms with Crippen molar-refractivity contribution in [3.8, 4) is 0 Å². The van der Waals surface area contributed by atoms with Gasteiger partial charge in [0, 0.05) is 47.7 Å². The molecule has 1 amide bonds. The first-order valence-corrected chi connectivity index (χ1v) is 10.7. The van der Waals surface area contributed by atoms with E-state index in [1.165, 1.54) is 6.33 Å². The fraction of sp³-hybridized carbons (Fsp3) is 0.227. The van der Waals surface area contributed by atoms with Crippen LogP contribution >= 0.6 is 23.2 Å². The Morgan fingerprint density at radius 2 is 1.94 bits per heavy atom. The standard InChI is InChI=1S/C22H20Cl2N6O/c23-15-6-14-7-16(28-21(14)18(24)8-15)10-29-3-4-30(20(31)11-29)9-13-1-2-17-19(5-13)26-12-27-22(17)25/h1-2,5-8,12,28H,3-4,9-11H2,(H2,25,26,27). The number of H-pyrrole nitrogens is 1. The Morgan fingerprint density at radius 1 is 1.06 bits per heavy atom. The number of hydrogen-bond donors (Lipinski definition) is 2. The molecule has 4 aromatic rings. The topological polar surface area (TPSA) is 91.1 Å². The van der Waals surface area contributed by atoms with Crippen LogP contribution in [0.5, 0.6) is 0 Å². The van der Waals surface area contributed by atoms with Crippen LogP contribution in [0.25, 0.3) is 21.8 Å². The van der Waals surface area contributed by atoms with Crippen molar-refractivity contribution >= 4 is 56.7 Å². The number of rotatable bonds is 4. The number of amides is 1. The summed E-state index contributed by atoms with van der Waals surface area (Å²) >= 11 is 12.4. The lowest BCUT2D eigenvalue weighted by molar-refractivity contribution is -0.136. The van der Waals surface area contributed by atoms with Crippen molar-refractivity contribution in [1.82, 2.24) is 24.8 Å². The van der Waals surface area contributed by atoms with Gasteiger partial charge in [-0.3, -0.25) is 9.69 Å². The molecular formula is C22H20Cl2N6O. The molecule has 3 heterocycles. The molecule has 0 saturated carbocycles. The quantitative estimate of drug-likeness (QED) is 0.488. The Balaban J connectivity index is 1.25. The lowest BCUT2D eigenvalue weighted by Crippen LogP contribution is -2.49. The number of fused-ring (bicyclic) bond motifs is 2. The molecule has 1 aliphatic rings. The van der Waals surface area contributed by atoms with Crippen LogP contribution in [0.15, 0.2) is 42.7 Å². The van der Waals surface area contributed by atoms with Gasteiger partial charge in [0.2, 0.25) is 5.91 Å². The molecular weight excluding hydrogens is 435 g/mol. The average Bonchev–Trinajstić information content (AvgIpc) is 3.13. The van der Waals surface area contributed by atoms with E-state index in [2.05, 4.69) is 19.9 Å². The van der Waals surface area contributed by atoms with Gasteiger partial charge in [0.05, 0.1) is 22.6 Å². The van der Waals surface area contributed by atoms with Gasteiger partial charge in [0.1, 0.15) is 12.1 Å². The second kappa shape index (κ2) is 8.00. The summed E-state index contributed by atoms with van der Waals surface area (Å²) in [4.78, 5) is 28.4. The van der Waals surface area contributed by atoms with Crippen molar-refractivity contribution < 1.29 is 4.79 Å². The van der Waals surface area contributed by atoms with Crippen molar-refractivity contribution in [2.75, 3.05) is 25.4 Å². The molecule has 1 aliphatic heterocycles. The minimum absolute atomic E-state index is 0.103. The van der Waals surface area contributed by atoms with E-state index >= 15 is 0 Å². The Labute approximate surface area is 188 Å². The first kappa shape index (κ1) is 20.1. The molecule has 1 saturated heterocycles. The summed E-state index contributed by atoms with van der Waals surface area (Å²) in [5.41, 5.74) is 9.58. The summed E-state index contributed by atoms with van der Waals surface area (Å²) < 4.78 is 0. The van der Waals surface area contributed by atoms with E-state index in [4.69, 9.17) is 28.9 Å². The summed E-state index contributed by atoms with van der Waals surface area (Å²) in [6.07, 6.45) is 1.45. The second-order valence-electron chi connectivity index (χ2n) is 7.78. The highest BCUT2D eigenvalue weighted by atomic mass is 35.5. The van der Waals surface area contributed by atoms with Crippen molar-refractivity contribution in [1.29, 1.82) is 0 Å². The number of carbonyl (C=O) groups is 1. The summed E-state index contributed by atoms with van der Waals surface area (Å²) in [6.45, 7) is 3.02. The monoisotopic (exact) mass is 454 g/mol. The molecule has 3 N–H and O–H groups in total. The van der Waals surface area contributed by atoms with Gasteiger partial charge in [0.25, 0.3) is 0 Å². The first-order valence-electron chi connectivity index (χ1n) is 9.92. The number of piperazine rings is 1. The molecule has 2 aromatic heterocycles. The van der Waals surface area contributed by atoms with Crippen LogP contribution in [-0.2, 0) is 17.9 Å². The van der Waals surface area contributed by atoms with Gasteiger partial charge in [-0.1, -0.05) is 29.3 Å². The van der Waals surface area contributed by atoms with Crippen LogP contribution in [0.1, 0.15) is 11.3 Å². The van der Waals surface area contributed by atoms with E-state index in [9.17, 15) is 4.79 Å². The average molecular weight is 455 g/mol. The largest absolute Gasteiger partial charge is 0.383 e. The molecule has 1 fully saturated rings. The lowest BCUT2D eigenvalue weighted by atomic mass is 10.1. The fourth-order valence-corrected chi connectivity index (χ4v) is 4.61. The molecule has 0 aliphatic carbocycles. The third kappa shape index (κ3) is 4.04. The Morgan fingerprint density at radius 3 is 2.77 bits per heavy atom. The van der Waals surface area contributed by atoms with E-state index in [0.29, 0.717) is 42.0 Å². The third-order valence-electron chi connectivity index (χ3n) is 5.60. The number of hydrogen-bond acceptors (Lipinski definition) is 5. The van der Waals surface area contributed by atoms with Crippen LogP contribution in [-0.4, -0.2) is 50.3 Å². The van der Waals surface area contributed by atoms with Crippen LogP contribution in [0, 0.1) is 0 Å². The number of nitrogens with one attached hydrogen (secondary N) is 1. The van der Waals surface area contributed by atoms with Gasteiger partial charge in [-0.15, -0.1) is 0 Å². The fourth-order valence-electron chi connectivity index (χ4n) is 4.05. The number of aromatic amines is 1. The molecule has 5 rings (SSSR count). The molecule has 9 heteroatoms. The predicted molar refractivity (Wildman–Crippen MR) is 123 cm³/mol. The molecule has 0 atom stereocenters. The molecule has 2 aromatic carbocycles. The smallest absolute Gasteiger partial charge is 0.237 e. The van der Waals surface area contributed by atoms with E-state index < -0.39 is 0 Å². The number of nitrogen functional groups attached to an aromatic ring is 1. The number of anilines is 1. The highest BCUT2D eigenvalue weighted by Crippen LogP contribution is 2.28. The maximum absolute atomic E-state index is 12.8. The zero-order valence-electron chi connectivity index (χ0n) is 16.6. The zero-order valence-corrected chi connectivity index (χ0v) is 18.1. The Bertz CT molecular complexity index is 1300. The second-order valence-corrected chi connectivity index (χ2v) is 8.63. The van der Waals surface area contributed by atoms with Gasteiger partial charge in [-0.2, -0.15) is 0 Å². The van der Waals surface area contributed by atoms with Crippen LogP contribution in [0.3, 0.4) is 0 Å². The predicted octanol–water partition coefficient (Wildman–Crippen LogP) is 3.84. The van der Waals surface area contributed by atoms with E-state index in [0.717, 1.165) is 39.6 Å². The Kier molecular flexibility index (Phi) is 5.17. The summed E-state index contributed by atoms with van der Waals surface area (Å²) in [6, 6.07) is 11.5. The minimum Gasteiger partial charge on any atom is -0.383 e. The number of halogens is 2. The number of benzene rings is 2. The summed E-state index contributed by atoms with van der Waals surface area (Å²) in [7, 11) is 0. The molecule has 0 unspecified atom stereocenters. The van der Waals surface area contributed by atoms with E-state index in [1.807, 2.05) is 35.2 Å². The van der Waals surface area contributed by atoms with Gasteiger partial charge in [-0.05, 0) is 35.9 Å². The number of carbonyl (C=O) groups excluding carboxylic acids is 1. The third-order valence-corrected chi connectivity index (χ3v) is 6.11. The Hall–Kier alpha value is -2.87. The van der Waals surface area contributed by atoms with E-state index in [1.54, 1.807) is 6.07 Å². The number of aromatic nitrogens is 3. The van der Waals surface area contributed by atoms with Gasteiger partial charge in [0.15, 0.2) is 0 Å². The van der Waals surface area contributed by atoms with Gasteiger partial charge in [-0.25, -0.2) is 9.97 Å². The number of nitrogens with two attached hydrogens (primary N) is 1. The van der Waals surface area contributed by atoms with Crippen molar-refractivity contribution in [2.45, 2.75) is 13.1 Å². The summed E-state index contributed by atoms with van der Waals surface area (Å²) in [5, 5.41) is 2.99. The minimum atomic E-state index is 0.103. The molecule has 7 nitrogen and oxygen atoms in total. The van der Waals surface area contributed by atoms with Gasteiger partial charge >= 0.3 is 0 Å². The maximum Gasteiger partial charge on any atom is 0.237 e. The first-order chi connectivity index (χ1) is 15.0. The normalized spacial score (nSPS) is 15.3. The van der Waals surface area contributed by atoms with Crippen molar-refractivity contribution in [3.05, 3.63) is 64.0 Å². The lowest BCUT2D eigenvalue weighted by Gasteiger charge is -2.34. The molecule has 0 bridgehead atoms. The molecule has 0 spiro atoms. The van der Waals surface area contributed by atoms with Crippen LogP contribution in [0.4, 0.5) is 5.82 Å². The number of nitrogens with zero attached hydrogens (tertiary/aromatic N) is 4. The SMILES string of the molecule is Nc1ncnc2cc(CN3CCN(Cc4cc5cc(Cl)cc(Cl)c5[nH]4)CC3=O)ccc12.